The number of carbonyl (C=O) groups excluding carboxylic acids is 1. The molecule has 0 radical (unpaired) electrons. The molecule has 0 heterocycles. The molecular weight excluding hydrogens is 300 g/mol. The van der Waals surface area contributed by atoms with Crippen molar-refractivity contribution in [1.82, 2.24) is 4.72 Å². The molecule has 0 aromatic heterocycles. The smallest absolute Gasteiger partial charge is 0.289 e. The Labute approximate surface area is 121 Å². The van der Waals surface area contributed by atoms with E-state index in [1.165, 1.54) is 19.9 Å². The fraction of sp³-hybridized carbons (Fsp3) is 0.364. The predicted octanol–water partition coefficient (Wildman–Crippen LogP) is 0.179. The first-order valence-corrected chi connectivity index (χ1v) is 7.29. The summed E-state index contributed by atoms with van der Waals surface area (Å²) in [5, 5.41) is 13.7. The minimum atomic E-state index is -4.30. The van der Waals surface area contributed by atoms with Crippen LogP contribution in [-0.4, -0.2) is 31.8 Å². The number of primary amides is 1. The second-order valence-corrected chi connectivity index (χ2v) is 6.44. The fourth-order valence-electron chi connectivity index (χ4n) is 1.48. The number of anilines is 1. The number of nitro groups is 1. The van der Waals surface area contributed by atoms with E-state index in [-0.39, 0.29) is 0 Å². The van der Waals surface area contributed by atoms with Gasteiger partial charge in [0.15, 0.2) is 4.90 Å². The zero-order chi connectivity index (χ0) is 16.4. The molecule has 0 aliphatic rings. The molecule has 0 aliphatic carbocycles. The van der Waals surface area contributed by atoms with E-state index in [0.717, 1.165) is 12.1 Å². The number of sulfonamides is 1. The van der Waals surface area contributed by atoms with Gasteiger partial charge < -0.3 is 11.1 Å². The van der Waals surface area contributed by atoms with Gasteiger partial charge in [0.05, 0.1) is 4.92 Å². The monoisotopic (exact) mass is 316 g/mol. The average molecular weight is 316 g/mol. The van der Waals surface area contributed by atoms with Gasteiger partial charge in [-0.3, -0.25) is 14.9 Å². The Bertz CT molecular complexity index is 684. The largest absolute Gasteiger partial charge is 0.388 e. The Morgan fingerprint density at radius 3 is 2.38 bits per heavy atom. The molecule has 0 spiro atoms. The molecular formula is C11H16N4O5S. The molecule has 10 heteroatoms. The molecule has 4 N–H and O–H groups in total. The molecule has 0 saturated heterocycles. The van der Waals surface area contributed by atoms with Crippen LogP contribution in [0.4, 0.5) is 11.4 Å². The number of nitrogens with two attached hydrogens (primary N) is 1. The van der Waals surface area contributed by atoms with Crippen LogP contribution in [-0.2, 0) is 14.8 Å². The van der Waals surface area contributed by atoms with E-state index >= 15 is 0 Å². The topological polar surface area (TPSA) is 144 Å². The third kappa shape index (κ3) is 3.67. The van der Waals surface area contributed by atoms with Crippen LogP contribution in [0.5, 0.6) is 0 Å². The standard InChI is InChI=1S/C11H16N4O5S/c1-11(2,10(12)16)14-21(19,20)9-6-7(13-3)4-5-8(9)15(17)18/h4-6,13-14H,1-3H3,(H2,12,16). The number of nitro benzene ring substituents is 1. The molecule has 21 heavy (non-hydrogen) atoms. The lowest BCUT2D eigenvalue weighted by Gasteiger charge is -2.22. The van der Waals surface area contributed by atoms with E-state index in [0.29, 0.717) is 5.69 Å². The van der Waals surface area contributed by atoms with E-state index in [4.69, 9.17) is 5.73 Å². The normalized spacial score (nSPS) is 12.0. The first kappa shape index (κ1) is 16.9. The SMILES string of the molecule is CNc1ccc([N+](=O)[O-])c(S(=O)(=O)NC(C)(C)C(N)=O)c1. The van der Waals surface area contributed by atoms with Crippen molar-refractivity contribution < 1.29 is 18.1 Å². The Balaban J connectivity index is 3.43. The number of rotatable bonds is 6. The molecule has 1 rings (SSSR count). The van der Waals surface area contributed by atoms with Crippen LogP contribution in [0.15, 0.2) is 23.1 Å². The summed E-state index contributed by atoms with van der Waals surface area (Å²) < 4.78 is 26.6. The molecule has 1 amide bonds. The van der Waals surface area contributed by atoms with Gasteiger partial charge in [-0.15, -0.1) is 0 Å². The molecule has 0 fully saturated rings. The third-order valence-corrected chi connectivity index (χ3v) is 4.43. The number of amides is 1. The van der Waals surface area contributed by atoms with Gasteiger partial charge in [0.2, 0.25) is 15.9 Å². The summed E-state index contributed by atoms with van der Waals surface area (Å²) in [6.45, 7) is 2.53. The number of hydrogen-bond donors (Lipinski definition) is 3. The molecule has 9 nitrogen and oxygen atoms in total. The Hall–Kier alpha value is -2.20. The van der Waals surface area contributed by atoms with Crippen LogP contribution in [0.3, 0.4) is 0 Å². The van der Waals surface area contributed by atoms with Gasteiger partial charge in [-0.2, -0.15) is 4.72 Å². The molecule has 0 atom stereocenters. The lowest BCUT2D eigenvalue weighted by Crippen LogP contribution is -2.52. The van der Waals surface area contributed by atoms with Crippen LogP contribution >= 0.6 is 0 Å². The Morgan fingerprint density at radius 2 is 1.95 bits per heavy atom. The highest BCUT2D eigenvalue weighted by Gasteiger charge is 2.35. The molecule has 0 saturated carbocycles. The van der Waals surface area contributed by atoms with Gasteiger partial charge in [0.1, 0.15) is 5.54 Å². The number of nitrogens with zero attached hydrogens (tertiary/aromatic N) is 1. The summed E-state index contributed by atoms with van der Waals surface area (Å²) in [5.74, 6) is -0.904. The minimum Gasteiger partial charge on any atom is -0.388 e. The molecule has 1 aromatic rings. The van der Waals surface area contributed by atoms with Gasteiger partial charge in [-0.05, 0) is 26.0 Å². The van der Waals surface area contributed by atoms with Crippen molar-refractivity contribution in [2.75, 3.05) is 12.4 Å². The van der Waals surface area contributed by atoms with Crippen LogP contribution in [0.1, 0.15) is 13.8 Å². The van der Waals surface area contributed by atoms with Crippen LogP contribution < -0.4 is 15.8 Å². The highest BCUT2D eigenvalue weighted by Crippen LogP contribution is 2.27. The van der Waals surface area contributed by atoms with Crippen LogP contribution in [0.25, 0.3) is 0 Å². The molecule has 116 valence electrons. The fourth-order valence-corrected chi connectivity index (χ4v) is 3.06. The number of carbonyl (C=O) groups is 1. The summed E-state index contributed by atoms with van der Waals surface area (Å²) in [4.78, 5) is 20.8. The maximum absolute atomic E-state index is 12.3. The second-order valence-electron chi connectivity index (χ2n) is 4.78. The maximum Gasteiger partial charge on any atom is 0.289 e. The quantitative estimate of drug-likeness (QED) is 0.504. The molecule has 0 unspecified atom stereocenters. The molecule has 0 aliphatic heterocycles. The highest BCUT2D eigenvalue weighted by molar-refractivity contribution is 7.89. The zero-order valence-electron chi connectivity index (χ0n) is 11.7. The summed E-state index contributed by atoms with van der Waals surface area (Å²) >= 11 is 0. The van der Waals surface area contributed by atoms with Crippen molar-refractivity contribution >= 4 is 27.3 Å². The van der Waals surface area contributed by atoms with Crippen LogP contribution in [0.2, 0.25) is 0 Å². The Kier molecular flexibility index (Phi) is 4.54. The Morgan fingerprint density at radius 1 is 1.38 bits per heavy atom. The first-order chi connectivity index (χ1) is 9.51. The molecule has 0 bridgehead atoms. The van der Waals surface area contributed by atoms with Gasteiger partial charge in [-0.25, -0.2) is 8.42 Å². The van der Waals surface area contributed by atoms with E-state index in [9.17, 15) is 23.3 Å². The van der Waals surface area contributed by atoms with E-state index in [1.54, 1.807) is 7.05 Å². The number of benzene rings is 1. The van der Waals surface area contributed by atoms with Crippen molar-refractivity contribution in [2.45, 2.75) is 24.3 Å². The first-order valence-electron chi connectivity index (χ1n) is 5.81. The van der Waals surface area contributed by atoms with Crippen molar-refractivity contribution in [3.05, 3.63) is 28.3 Å². The van der Waals surface area contributed by atoms with Gasteiger partial charge in [-0.1, -0.05) is 0 Å². The van der Waals surface area contributed by atoms with Crippen molar-refractivity contribution in [3.63, 3.8) is 0 Å². The van der Waals surface area contributed by atoms with Gasteiger partial charge in [0, 0.05) is 18.8 Å². The third-order valence-electron chi connectivity index (χ3n) is 2.74. The van der Waals surface area contributed by atoms with E-state index in [2.05, 4.69) is 10.0 Å². The van der Waals surface area contributed by atoms with E-state index < -0.39 is 37.0 Å². The van der Waals surface area contributed by atoms with Gasteiger partial charge >= 0.3 is 0 Å². The number of hydrogen-bond acceptors (Lipinski definition) is 6. The summed E-state index contributed by atoms with van der Waals surface area (Å²) in [6.07, 6.45) is 0. The number of nitrogens with one attached hydrogen (secondary N) is 2. The predicted molar refractivity (Wildman–Crippen MR) is 76.2 cm³/mol. The van der Waals surface area contributed by atoms with Gasteiger partial charge in [0.25, 0.3) is 5.69 Å². The maximum atomic E-state index is 12.3. The van der Waals surface area contributed by atoms with E-state index in [1.807, 2.05) is 0 Å². The second kappa shape index (κ2) is 5.66. The summed E-state index contributed by atoms with van der Waals surface area (Å²) in [5.41, 5.74) is 3.29. The zero-order valence-corrected chi connectivity index (χ0v) is 12.5. The summed E-state index contributed by atoms with van der Waals surface area (Å²) in [7, 11) is -2.76. The lowest BCUT2D eigenvalue weighted by molar-refractivity contribution is -0.387. The van der Waals surface area contributed by atoms with Crippen molar-refractivity contribution in [2.24, 2.45) is 5.73 Å². The highest BCUT2D eigenvalue weighted by atomic mass is 32.2. The van der Waals surface area contributed by atoms with Crippen molar-refractivity contribution in [3.8, 4) is 0 Å². The minimum absolute atomic E-state index is 0.373. The molecule has 1 aromatic carbocycles. The lowest BCUT2D eigenvalue weighted by atomic mass is 10.1. The summed E-state index contributed by atoms with van der Waals surface area (Å²) in [6, 6.07) is 3.55. The average Bonchev–Trinajstić information content (AvgIpc) is 2.36. The van der Waals surface area contributed by atoms with Crippen molar-refractivity contribution in [1.29, 1.82) is 0 Å². The van der Waals surface area contributed by atoms with Crippen LogP contribution in [0, 0.1) is 10.1 Å².